The summed E-state index contributed by atoms with van der Waals surface area (Å²) in [5.74, 6) is -1.80. The maximum atomic E-state index is 12.0. The molecule has 0 aromatic carbocycles. The number of carbonyl (C=O) groups excluding carboxylic acids is 2. The highest BCUT2D eigenvalue weighted by Gasteiger charge is 2.36. The van der Waals surface area contributed by atoms with Crippen LogP contribution in [-0.4, -0.2) is 25.2 Å². The van der Waals surface area contributed by atoms with Crippen molar-refractivity contribution in [1.82, 2.24) is 0 Å². The number of hydrogen-bond acceptors (Lipinski definition) is 4. The van der Waals surface area contributed by atoms with Crippen molar-refractivity contribution in [1.29, 1.82) is 0 Å². The average molecular weight is 266 g/mol. The third kappa shape index (κ3) is 4.89. The van der Waals surface area contributed by atoms with Crippen LogP contribution in [0.25, 0.3) is 0 Å². The number of allylic oxidation sites excluding steroid dienone is 4. The molecule has 1 unspecified atom stereocenters. The topological polar surface area (TPSA) is 52.6 Å². The van der Waals surface area contributed by atoms with Crippen molar-refractivity contribution in [2.45, 2.75) is 33.1 Å². The Hall–Kier alpha value is -1.58. The molecular weight excluding hydrogens is 244 g/mol. The van der Waals surface area contributed by atoms with Gasteiger partial charge in [-0.05, 0) is 39.0 Å². The monoisotopic (exact) mass is 266 g/mol. The van der Waals surface area contributed by atoms with Gasteiger partial charge in [-0.15, -0.1) is 0 Å². The van der Waals surface area contributed by atoms with Crippen molar-refractivity contribution in [3.05, 3.63) is 24.3 Å². The number of esters is 2. The van der Waals surface area contributed by atoms with Crippen LogP contribution < -0.4 is 0 Å². The smallest absolute Gasteiger partial charge is 0.320 e. The van der Waals surface area contributed by atoms with Gasteiger partial charge in [-0.25, -0.2) is 0 Å². The van der Waals surface area contributed by atoms with Gasteiger partial charge in [0.15, 0.2) is 5.92 Å². The Bertz CT molecular complexity index is 339. The quantitative estimate of drug-likeness (QED) is 0.567. The SMILES string of the molecule is CCOC(=O)C(C(=O)OCC)C1C/C=C\C=C/CC1. The zero-order valence-corrected chi connectivity index (χ0v) is 11.6. The van der Waals surface area contributed by atoms with Gasteiger partial charge in [0.25, 0.3) is 0 Å². The van der Waals surface area contributed by atoms with Crippen LogP contribution in [0.2, 0.25) is 0 Å². The second-order valence-electron chi connectivity index (χ2n) is 4.41. The Morgan fingerprint density at radius 2 is 1.68 bits per heavy atom. The maximum absolute atomic E-state index is 12.0. The summed E-state index contributed by atoms with van der Waals surface area (Å²) in [7, 11) is 0. The summed E-state index contributed by atoms with van der Waals surface area (Å²) >= 11 is 0. The molecule has 0 saturated carbocycles. The second kappa shape index (κ2) is 8.51. The van der Waals surface area contributed by atoms with Crippen LogP contribution in [0.5, 0.6) is 0 Å². The van der Waals surface area contributed by atoms with Gasteiger partial charge in [0.2, 0.25) is 0 Å². The fraction of sp³-hybridized carbons (Fsp3) is 0.600. The summed E-state index contributed by atoms with van der Waals surface area (Å²) < 4.78 is 10.0. The van der Waals surface area contributed by atoms with E-state index in [0.29, 0.717) is 6.42 Å². The summed E-state index contributed by atoms with van der Waals surface area (Å²) in [6, 6.07) is 0. The molecule has 0 aromatic rings. The van der Waals surface area contributed by atoms with E-state index in [1.807, 2.05) is 24.3 Å². The molecule has 0 aromatic heterocycles. The Balaban J connectivity index is 2.81. The first-order valence-corrected chi connectivity index (χ1v) is 6.85. The minimum atomic E-state index is -0.809. The first kappa shape index (κ1) is 15.5. The van der Waals surface area contributed by atoms with Gasteiger partial charge in [0.05, 0.1) is 13.2 Å². The molecule has 4 heteroatoms. The molecule has 0 heterocycles. The molecule has 0 saturated heterocycles. The summed E-state index contributed by atoms with van der Waals surface area (Å²) in [5.41, 5.74) is 0. The first-order chi connectivity index (χ1) is 9.20. The summed E-state index contributed by atoms with van der Waals surface area (Å²) in [6.07, 6.45) is 10.3. The van der Waals surface area contributed by atoms with E-state index in [1.54, 1.807) is 13.8 Å². The minimum Gasteiger partial charge on any atom is -0.465 e. The third-order valence-electron chi connectivity index (χ3n) is 3.08. The standard InChI is InChI=1S/C15H22O4/c1-3-18-14(16)13(15(17)19-4-2)12-10-8-6-5-7-9-11-12/h5-8,12-13H,3-4,9-11H2,1-2H3/b7-5-,8-6-. The molecule has 1 rings (SSSR count). The van der Waals surface area contributed by atoms with E-state index in [1.165, 1.54) is 0 Å². The van der Waals surface area contributed by atoms with Crippen molar-refractivity contribution in [3.63, 3.8) is 0 Å². The molecular formula is C15H22O4. The molecule has 0 N–H and O–H groups in total. The summed E-state index contributed by atoms with van der Waals surface area (Å²) in [5, 5.41) is 0. The highest BCUT2D eigenvalue weighted by atomic mass is 16.6. The van der Waals surface area contributed by atoms with E-state index in [2.05, 4.69) is 0 Å². The fourth-order valence-corrected chi connectivity index (χ4v) is 2.18. The third-order valence-corrected chi connectivity index (χ3v) is 3.08. The van der Waals surface area contributed by atoms with Crippen LogP contribution in [-0.2, 0) is 19.1 Å². The van der Waals surface area contributed by atoms with Gasteiger partial charge in [-0.1, -0.05) is 24.3 Å². The Morgan fingerprint density at radius 3 is 2.26 bits per heavy atom. The first-order valence-electron chi connectivity index (χ1n) is 6.85. The molecule has 1 aliphatic carbocycles. The number of carbonyl (C=O) groups is 2. The van der Waals surface area contributed by atoms with Crippen molar-refractivity contribution in [2.24, 2.45) is 11.8 Å². The lowest BCUT2D eigenvalue weighted by molar-refractivity contribution is -0.164. The zero-order chi connectivity index (χ0) is 14.1. The number of hydrogen-bond donors (Lipinski definition) is 0. The van der Waals surface area contributed by atoms with Gasteiger partial charge in [-0.3, -0.25) is 9.59 Å². The van der Waals surface area contributed by atoms with E-state index in [4.69, 9.17) is 9.47 Å². The van der Waals surface area contributed by atoms with E-state index in [0.717, 1.165) is 12.8 Å². The Morgan fingerprint density at radius 1 is 1.11 bits per heavy atom. The van der Waals surface area contributed by atoms with E-state index in [-0.39, 0.29) is 19.1 Å². The van der Waals surface area contributed by atoms with E-state index in [9.17, 15) is 9.59 Å². The van der Waals surface area contributed by atoms with Gasteiger partial charge in [-0.2, -0.15) is 0 Å². The molecule has 0 amide bonds. The predicted octanol–water partition coefficient (Wildman–Crippen LogP) is 2.64. The van der Waals surface area contributed by atoms with Gasteiger partial charge in [0.1, 0.15) is 0 Å². The highest BCUT2D eigenvalue weighted by molar-refractivity contribution is 5.95. The molecule has 106 valence electrons. The lowest BCUT2D eigenvalue weighted by Gasteiger charge is -2.23. The van der Waals surface area contributed by atoms with Gasteiger partial charge in [0, 0.05) is 0 Å². The molecule has 19 heavy (non-hydrogen) atoms. The van der Waals surface area contributed by atoms with Crippen LogP contribution in [0, 0.1) is 11.8 Å². The van der Waals surface area contributed by atoms with Crippen molar-refractivity contribution in [3.8, 4) is 0 Å². The van der Waals surface area contributed by atoms with Gasteiger partial charge < -0.3 is 9.47 Å². The van der Waals surface area contributed by atoms with Crippen LogP contribution in [0.15, 0.2) is 24.3 Å². The largest absolute Gasteiger partial charge is 0.465 e. The highest BCUT2D eigenvalue weighted by Crippen LogP contribution is 2.26. The average Bonchev–Trinajstić information content (AvgIpc) is 2.32. The second-order valence-corrected chi connectivity index (χ2v) is 4.41. The minimum absolute atomic E-state index is 0.0562. The van der Waals surface area contributed by atoms with Crippen molar-refractivity contribution < 1.29 is 19.1 Å². The van der Waals surface area contributed by atoms with Crippen LogP contribution in [0.1, 0.15) is 33.1 Å². The molecule has 1 aliphatic rings. The molecule has 0 bridgehead atoms. The van der Waals surface area contributed by atoms with Gasteiger partial charge >= 0.3 is 11.9 Å². The molecule has 4 nitrogen and oxygen atoms in total. The van der Waals surface area contributed by atoms with E-state index < -0.39 is 17.9 Å². The zero-order valence-electron chi connectivity index (χ0n) is 11.6. The summed E-state index contributed by atoms with van der Waals surface area (Å²) in [6.45, 7) is 4.02. The van der Waals surface area contributed by atoms with Crippen LogP contribution in [0.3, 0.4) is 0 Å². The molecule has 0 aliphatic heterocycles. The van der Waals surface area contributed by atoms with Crippen molar-refractivity contribution >= 4 is 11.9 Å². The van der Waals surface area contributed by atoms with Crippen molar-refractivity contribution in [2.75, 3.05) is 13.2 Å². The predicted molar refractivity (Wildman–Crippen MR) is 72.4 cm³/mol. The Labute approximate surface area is 114 Å². The van der Waals surface area contributed by atoms with Crippen LogP contribution >= 0.6 is 0 Å². The van der Waals surface area contributed by atoms with Crippen LogP contribution in [0.4, 0.5) is 0 Å². The number of rotatable bonds is 5. The summed E-state index contributed by atoms with van der Waals surface area (Å²) in [4.78, 5) is 24.0. The molecule has 0 fully saturated rings. The molecule has 0 spiro atoms. The molecule has 0 radical (unpaired) electrons. The normalized spacial score (nSPS) is 22.2. The Kier molecular flexibility index (Phi) is 6.93. The molecule has 1 atom stereocenters. The lowest BCUT2D eigenvalue weighted by atomic mass is 9.84. The number of ether oxygens (including phenoxy) is 2. The maximum Gasteiger partial charge on any atom is 0.320 e. The van der Waals surface area contributed by atoms with E-state index >= 15 is 0 Å². The lowest BCUT2D eigenvalue weighted by Crippen LogP contribution is -2.34. The fourth-order valence-electron chi connectivity index (χ4n) is 2.18.